The molecule has 2 unspecified atom stereocenters. The van der Waals surface area contributed by atoms with Gasteiger partial charge in [0.05, 0.1) is 6.42 Å². The molecular formula is C26H42N4O5. The number of carbonyl (C=O) groups is 4. The summed E-state index contributed by atoms with van der Waals surface area (Å²) in [6.45, 7) is 13.6. The van der Waals surface area contributed by atoms with Gasteiger partial charge in [-0.15, -0.1) is 0 Å². The summed E-state index contributed by atoms with van der Waals surface area (Å²) >= 11 is 0. The lowest BCUT2D eigenvalue weighted by Gasteiger charge is -2.35. The van der Waals surface area contributed by atoms with Crippen molar-refractivity contribution in [2.45, 2.75) is 91.8 Å². The molecule has 35 heavy (non-hydrogen) atoms. The Bertz CT molecular complexity index is 894. The summed E-state index contributed by atoms with van der Waals surface area (Å²) in [5.41, 5.74) is 7.17. The fraction of sp³-hybridized carbons (Fsp3) is 0.615. The maximum atomic E-state index is 13.8. The molecule has 0 saturated carbocycles. The summed E-state index contributed by atoms with van der Waals surface area (Å²) < 4.78 is 5.28. The molecule has 4 N–H and O–H groups in total. The number of nitrogens with one attached hydrogen (secondary N) is 2. The van der Waals surface area contributed by atoms with Crippen LogP contribution < -0.4 is 16.4 Å². The van der Waals surface area contributed by atoms with Crippen molar-refractivity contribution in [3.8, 4) is 0 Å². The monoisotopic (exact) mass is 490 g/mol. The zero-order valence-corrected chi connectivity index (χ0v) is 22.2. The van der Waals surface area contributed by atoms with Crippen molar-refractivity contribution in [3.05, 3.63) is 34.9 Å². The number of amides is 4. The third-order valence-electron chi connectivity index (χ3n) is 5.47. The summed E-state index contributed by atoms with van der Waals surface area (Å²) in [6.07, 6.45) is 1.01. The first-order valence-electron chi connectivity index (χ1n) is 12.2. The second-order valence-corrected chi connectivity index (χ2v) is 9.74. The average molecular weight is 491 g/mol. The number of hydrogen-bond acceptors (Lipinski definition) is 5. The molecule has 0 radical (unpaired) electrons. The molecule has 0 saturated heterocycles. The zero-order valence-electron chi connectivity index (χ0n) is 22.2. The van der Waals surface area contributed by atoms with E-state index in [1.807, 2.05) is 45.9 Å². The smallest absolute Gasteiger partial charge is 0.408 e. The molecule has 9 heteroatoms. The van der Waals surface area contributed by atoms with E-state index in [0.717, 1.165) is 24.0 Å². The lowest BCUT2D eigenvalue weighted by atomic mass is 9.94. The van der Waals surface area contributed by atoms with Crippen LogP contribution in [-0.2, 0) is 19.1 Å². The molecule has 0 aromatic heterocycles. The molecule has 0 heterocycles. The molecule has 0 fully saturated rings. The van der Waals surface area contributed by atoms with E-state index in [9.17, 15) is 19.2 Å². The number of benzene rings is 1. The van der Waals surface area contributed by atoms with Crippen LogP contribution in [0.2, 0.25) is 0 Å². The van der Waals surface area contributed by atoms with Crippen LogP contribution in [0.1, 0.15) is 83.0 Å². The molecule has 196 valence electrons. The standard InChI is InChI=1S/C26H42N4O5/c1-8-10-14-28-23(32)22(19-13-11-12-17(3)18(19)4)30(15-9-2)24(33)20(16-21(27)31)29-25(34)35-26(5,6)7/h11-13,20,22H,8-10,14-16H2,1-7H3,(H2,27,31)(H,28,32)(H,29,34). The quantitative estimate of drug-likeness (QED) is 0.387. The molecule has 1 aromatic rings. The van der Waals surface area contributed by atoms with Crippen LogP contribution >= 0.6 is 0 Å². The van der Waals surface area contributed by atoms with Gasteiger partial charge in [0.25, 0.3) is 0 Å². The van der Waals surface area contributed by atoms with E-state index in [2.05, 4.69) is 10.6 Å². The number of alkyl carbamates (subject to hydrolysis) is 1. The molecular weight excluding hydrogens is 448 g/mol. The highest BCUT2D eigenvalue weighted by atomic mass is 16.6. The molecule has 9 nitrogen and oxygen atoms in total. The lowest BCUT2D eigenvalue weighted by Crippen LogP contribution is -2.54. The molecule has 1 aromatic carbocycles. The van der Waals surface area contributed by atoms with Crippen LogP contribution in [-0.4, -0.2) is 53.4 Å². The van der Waals surface area contributed by atoms with Gasteiger partial charge >= 0.3 is 6.09 Å². The predicted molar refractivity (Wildman–Crippen MR) is 136 cm³/mol. The number of rotatable bonds is 12. The van der Waals surface area contributed by atoms with E-state index >= 15 is 0 Å². The van der Waals surface area contributed by atoms with Gasteiger partial charge in [-0.25, -0.2) is 4.79 Å². The van der Waals surface area contributed by atoms with Gasteiger partial charge in [-0.3, -0.25) is 14.4 Å². The topological polar surface area (TPSA) is 131 Å². The maximum absolute atomic E-state index is 13.8. The van der Waals surface area contributed by atoms with Crippen molar-refractivity contribution in [1.82, 2.24) is 15.5 Å². The Morgan fingerprint density at radius 2 is 1.74 bits per heavy atom. The van der Waals surface area contributed by atoms with Crippen molar-refractivity contribution < 1.29 is 23.9 Å². The van der Waals surface area contributed by atoms with Crippen LogP contribution in [0.4, 0.5) is 4.79 Å². The first-order chi connectivity index (χ1) is 16.3. The van der Waals surface area contributed by atoms with Crippen molar-refractivity contribution in [2.24, 2.45) is 5.73 Å². The number of nitrogens with zero attached hydrogens (tertiary/aromatic N) is 1. The molecule has 4 amide bonds. The summed E-state index contributed by atoms with van der Waals surface area (Å²) in [7, 11) is 0. The zero-order chi connectivity index (χ0) is 26.8. The number of carbonyl (C=O) groups excluding carboxylic acids is 4. The Morgan fingerprint density at radius 1 is 1.09 bits per heavy atom. The van der Waals surface area contributed by atoms with E-state index in [1.165, 1.54) is 4.90 Å². The number of aryl methyl sites for hydroxylation is 1. The number of nitrogens with two attached hydrogens (primary N) is 1. The van der Waals surface area contributed by atoms with Gasteiger partial charge in [0.2, 0.25) is 17.7 Å². The summed E-state index contributed by atoms with van der Waals surface area (Å²) in [4.78, 5) is 52.9. The second kappa shape index (κ2) is 13.7. The van der Waals surface area contributed by atoms with Crippen molar-refractivity contribution in [1.29, 1.82) is 0 Å². The van der Waals surface area contributed by atoms with E-state index in [-0.39, 0.29) is 12.5 Å². The van der Waals surface area contributed by atoms with Gasteiger partial charge in [0.15, 0.2) is 0 Å². The molecule has 0 aliphatic heterocycles. The maximum Gasteiger partial charge on any atom is 0.408 e. The highest BCUT2D eigenvalue weighted by Gasteiger charge is 2.37. The normalized spacial score (nSPS) is 12.9. The molecule has 0 spiro atoms. The van der Waals surface area contributed by atoms with Crippen LogP contribution in [0.25, 0.3) is 0 Å². The Hall–Kier alpha value is -3.10. The first-order valence-corrected chi connectivity index (χ1v) is 12.2. The number of unbranched alkanes of at least 4 members (excludes halogenated alkanes) is 1. The summed E-state index contributed by atoms with van der Waals surface area (Å²) in [5, 5.41) is 5.42. The van der Waals surface area contributed by atoms with Crippen molar-refractivity contribution in [3.63, 3.8) is 0 Å². The molecule has 0 aliphatic carbocycles. The van der Waals surface area contributed by atoms with Crippen LogP contribution in [0.5, 0.6) is 0 Å². The first kappa shape index (κ1) is 29.9. The van der Waals surface area contributed by atoms with Gasteiger partial charge in [-0.1, -0.05) is 38.5 Å². The molecule has 2 atom stereocenters. The summed E-state index contributed by atoms with van der Waals surface area (Å²) in [6, 6.07) is 3.40. The number of ether oxygens (including phenoxy) is 1. The van der Waals surface area contributed by atoms with E-state index in [0.29, 0.717) is 18.5 Å². The van der Waals surface area contributed by atoms with E-state index < -0.39 is 42.0 Å². The molecule has 0 aliphatic rings. The van der Waals surface area contributed by atoms with Gasteiger partial charge in [0, 0.05) is 13.1 Å². The second-order valence-electron chi connectivity index (χ2n) is 9.74. The fourth-order valence-corrected chi connectivity index (χ4v) is 3.66. The Kier molecular flexibility index (Phi) is 11.7. The largest absolute Gasteiger partial charge is 0.444 e. The number of primary amides is 1. The SMILES string of the molecule is CCCCNC(=O)C(c1cccc(C)c1C)N(CCC)C(=O)C(CC(N)=O)NC(=O)OC(C)(C)C. The van der Waals surface area contributed by atoms with Gasteiger partial charge in [-0.05, 0) is 64.2 Å². The van der Waals surface area contributed by atoms with E-state index in [1.54, 1.807) is 20.8 Å². The Balaban J connectivity index is 3.47. The average Bonchev–Trinajstić information content (AvgIpc) is 2.73. The Morgan fingerprint density at radius 3 is 2.29 bits per heavy atom. The van der Waals surface area contributed by atoms with Crippen molar-refractivity contribution in [2.75, 3.05) is 13.1 Å². The Labute approximate surface area is 209 Å². The highest BCUT2D eigenvalue weighted by molar-refractivity contribution is 5.94. The lowest BCUT2D eigenvalue weighted by molar-refractivity contribution is -0.143. The predicted octanol–water partition coefficient (Wildman–Crippen LogP) is 3.27. The highest BCUT2D eigenvalue weighted by Crippen LogP contribution is 2.28. The van der Waals surface area contributed by atoms with Gasteiger partial charge < -0.3 is 26.0 Å². The number of hydrogen-bond donors (Lipinski definition) is 3. The third-order valence-corrected chi connectivity index (χ3v) is 5.47. The van der Waals surface area contributed by atoms with Crippen LogP contribution in [0.15, 0.2) is 18.2 Å². The van der Waals surface area contributed by atoms with Crippen molar-refractivity contribution >= 4 is 23.8 Å². The van der Waals surface area contributed by atoms with Gasteiger partial charge in [0.1, 0.15) is 17.7 Å². The minimum absolute atomic E-state index is 0.239. The summed E-state index contributed by atoms with van der Waals surface area (Å²) in [5.74, 6) is -1.65. The third kappa shape index (κ3) is 9.58. The van der Waals surface area contributed by atoms with E-state index in [4.69, 9.17) is 10.5 Å². The minimum Gasteiger partial charge on any atom is -0.444 e. The minimum atomic E-state index is -1.27. The van der Waals surface area contributed by atoms with Crippen LogP contribution in [0, 0.1) is 13.8 Å². The fourth-order valence-electron chi connectivity index (χ4n) is 3.66. The van der Waals surface area contributed by atoms with Crippen LogP contribution in [0.3, 0.4) is 0 Å². The van der Waals surface area contributed by atoms with Gasteiger partial charge in [-0.2, -0.15) is 0 Å². The molecule has 0 bridgehead atoms. The molecule has 1 rings (SSSR count).